The number of pyridine rings is 1. The minimum Gasteiger partial charge on any atom is -0.481 e. The fourth-order valence-electron chi connectivity index (χ4n) is 1.26. The van der Waals surface area contributed by atoms with Crippen molar-refractivity contribution >= 4 is 17.9 Å². The lowest BCUT2D eigenvalue weighted by molar-refractivity contribution is -0.122. The lowest BCUT2D eigenvalue weighted by Gasteiger charge is -2.08. The number of aromatic carboxylic acids is 1. The first-order chi connectivity index (χ1) is 9.54. The van der Waals surface area contributed by atoms with Gasteiger partial charge in [-0.15, -0.1) is 0 Å². The van der Waals surface area contributed by atoms with Crippen molar-refractivity contribution in [2.45, 2.75) is 13.3 Å². The highest BCUT2D eigenvalue weighted by atomic mass is 16.5. The van der Waals surface area contributed by atoms with Crippen molar-refractivity contribution in [2.24, 2.45) is 0 Å². The minimum absolute atomic E-state index is 0.0379. The normalized spacial score (nSPS) is 9.65. The van der Waals surface area contributed by atoms with Crippen LogP contribution in [0.15, 0.2) is 18.5 Å². The molecule has 1 rings (SSSR count). The molecule has 0 saturated heterocycles. The largest absolute Gasteiger partial charge is 0.481 e. The number of nitrogens with zero attached hydrogens (tertiary/aromatic N) is 1. The summed E-state index contributed by atoms with van der Waals surface area (Å²) in [6.45, 7) is 1.85. The summed E-state index contributed by atoms with van der Waals surface area (Å²) in [5, 5.41) is 13.4. The van der Waals surface area contributed by atoms with E-state index in [4.69, 9.17) is 9.84 Å². The van der Waals surface area contributed by atoms with Crippen LogP contribution in [0.2, 0.25) is 0 Å². The molecule has 0 aliphatic rings. The molecule has 20 heavy (non-hydrogen) atoms. The first-order valence-electron chi connectivity index (χ1n) is 5.92. The van der Waals surface area contributed by atoms with Crippen LogP contribution in [0.1, 0.15) is 23.7 Å². The number of nitrogens with one attached hydrogen (secondary N) is 2. The summed E-state index contributed by atoms with van der Waals surface area (Å²) in [6.07, 6.45) is 3.23. The maximum absolute atomic E-state index is 11.4. The Bertz CT molecular complexity index is 504. The smallest absolute Gasteiger partial charge is 0.339 e. The quantitative estimate of drug-likeness (QED) is 0.694. The van der Waals surface area contributed by atoms with Gasteiger partial charge in [0.1, 0.15) is 5.56 Å². The van der Waals surface area contributed by atoms with Crippen LogP contribution in [0.25, 0.3) is 0 Å². The number of aromatic nitrogens is 1. The summed E-state index contributed by atoms with van der Waals surface area (Å²) in [7, 11) is 0. The van der Waals surface area contributed by atoms with E-state index in [-0.39, 0.29) is 11.3 Å². The molecule has 0 spiro atoms. The molecule has 0 fully saturated rings. The number of carbonyl (C=O) groups is 3. The Kier molecular flexibility index (Phi) is 5.95. The molecule has 0 saturated carbocycles. The molecule has 0 aromatic carbocycles. The van der Waals surface area contributed by atoms with Crippen LogP contribution < -0.4 is 15.4 Å². The number of carboxylic acids is 1. The first-order valence-corrected chi connectivity index (χ1v) is 5.92. The summed E-state index contributed by atoms with van der Waals surface area (Å²) >= 11 is 0. The third-order valence-electron chi connectivity index (χ3n) is 2.16. The summed E-state index contributed by atoms with van der Waals surface area (Å²) in [4.78, 5) is 37.2. The molecule has 0 aliphatic carbocycles. The number of hydrogen-bond acceptors (Lipinski definition) is 5. The molecule has 0 bridgehead atoms. The number of carboxylic acid groups (broad SMARTS) is 1. The van der Waals surface area contributed by atoms with Crippen molar-refractivity contribution in [3.63, 3.8) is 0 Å². The van der Waals surface area contributed by atoms with Gasteiger partial charge in [0.25, 0.3) is 5.91 Å². The van der Waals surface area contributed by atoms with Gasteiger partial charge in [0.2, 0.25) is 0 Å². The van der Waals surface area contributed by atoms with Crippen LogP contribution in [0, 0.1) is 0 Å². The van der Waals surface area contributed by atoms with Crippen LogP contribution in [-0.4, -0.2) is 41.1 Å². The number of imide groups is 1. The molecular weight excluding hydrogens is 266 g/mol. The average molecular weight is 281 g/mol. The highest BCUT2D eigenvalue weighted by Crippen LogP contribution is 2.15. The summed E-state index contributed by atoms with van der Waals surface area (Å²) in [5.74, 6) is -1.91. The second-order valence-electron chi connectivity index (χ2n) is 3.77. The molecule has 1 aromatic heterocycles. The van der Waals surface area contributed by atoms with Crippen molar-refractivity contribution < 1.29 is 24.2 Å². The fourth-order valence-corrected chi connectivity index (χ4v) is 1.26. The van der Waals surface area contributed by atoms with E-state index in [1.165, 1.54) is 18.5 Å². The van der Waals surface area contributed by atoms with Crippen LogP contribution in [-0.2, 0) is 4.79 Å². The van der Waals surface area contributed by atoms with Gasteiger partial charge >= 0.3 is 12.0 Å². The molecule has 0 aliphatic heterocycles. The molecule has 108 valence electrons. The van der Waals surface area contributed by atoms with Gasteiger partial charge in [-0.2, -0.15) is 0 Å². The molecule has 0 unspecified atom stereocenters. The van der Waals surface area contributed by atoms with Crippen LogP contribution in [0.3, 0.4) is 0 Å². The van der Waals surface area contributed by atoms with Gasteiger partial charge in [0, 0.05) is 12.7 Å². The third kappa shape index (κ3) is 4.92. The van der Waals surface area contributed by atoms with Gasteiger partial charge in [-0.3, -0.25) is 15.1 Å². The predicted molar refractivity (Wildman–Crippen MR) is 68.5 cm³/mol. The Hall–Kier alpha value is -2.64. The van der Waals surface area contributed by atoms with Gasteiger partial charge in [-0.05, 0) is 12.5 Å². The number of amides is 3. The Balaban J connectivity index is 2.49. The molecule has 0 radical (unpaired) electrons. The number of urea groups is 1. The van der Waals surface area contributed by atoms with E-state index >= 15 is 0 Å². The van der Waals surface area contributed by atoms with Crippen molar-refractivity contribution in [1.82, 2.24) is 15.6 Å². The number of ether oxygens (including phenoxy) is 1. The zero-order chi connectivity index (χ0) is 15.0. The van der Waals surface area contributed by atoms with Gasteiger partial charge in [-0.25, -0.2) is 9.59 Å². The molecule has 1 heterocycles. The highest BCUT2D eigenvalue weighted by Gasteiger charge is 2.13. The molecule has 0 atom stereocenters. The van der Waals surface area contributed by atoms with Gasteiger partial charge in [0.15, 0.2) is 12.4 Å². The van der Waals surface area contributed by atoms with Gasteiger partial charge < -0.3 is 15.2 Å². The molecular formula is C12H15N3O5. The van der Waals surface area contributed by atoms with E-state index in [9.17, 15) is 14.4 Å². The zero-order valence-electron chi connectivity index (χ0n) is 10.9. The Morgan fingerprint density at radius 2 is 2.15 bits per heavy atom. The van der Waals surface area contributed by atoms with Gasteiger partial charge in [-0.1, -0.05) is 6.92 Å². The molecule has 1 aromatic rings. The number of hydrogen-bond donors (Lipinski definition) is 3. The second-order valence-corrected chi connectivity index (χ2v) is 3.77. The molecule has 3 N–H and O–H groups in total. The van der Waals surface area contributed by atoms with Crippen molar-refractivity contribution in [2.75, 3.05) is 13.2 Å². The van der Waals surface area contributed by atoms with E-state index in [1.54, 1.807) is 0 Å². The SMILES string of the molecule is CCCNC(=O)NC(=O)COc1cnccc1C(=O)O. The summed E-state index contributed by atoms with van der Waals surface area (Å²) in [5.41, 5.74) is -0.108. The monoisotopic (exact) mass is 281 g/mol. The predicted octanol–water partition coefficient (Wildman–Crippen LogP) is 0.394. The van der Waals surface area contributed by atoms with Crippen molar-refractivity contribution in [3.8, 4) is 5.75 Å². The van der Waals surface area contributed by atoms with E-state index < -0.39 is 24.5 Å². The Morgan fingerprint density at radius 3 is 2.80 bits per heavy atom. The Labute approximate surface area is 115 Å². The zero-order valence-corrected chi connectivity index (χ0v) is 10.9. The Morgan fingerprint density at radius 1 is 1.40 bits per heavy atom. The molecule has 8 heteroatoms. The van der Waals surface area contributed by atoms with E-state index in [2.05, 4.69) is 15.6 Å². The third-order valence-corrected chi connectivity index (χ3v) is 2.16. The maximum atomic E-state index is 11.4. The number of carbonyl (C=O) groups excluding carboxylic acids is 2. The van der Waals surface area contributed by atoms with E-state index in [0.29, 0.717) is 6.54 Å². The van der Waals surface area contributed by atoms with Crippen molar-refractivity contribution in [1.29, 1.82) is 0 Å². The standard InChI is InChI=1S/C12H15N3O5/c1-2-4-14-12(19)15-10(16)7-20-9-6-13-5-3-8(9)11(17)18/h3,5-6H,2,4,7H2,1H3,(H,17,18)(H2,14,15,16,19). The highest BCUT2D eigenvalue weighted by molar-refractivity contribution is 5.95. The van der Waals surface area contributed by atoms with E-state index in [1.807, 2.05) is 6.92 Å². The van der Waals surface area contributed by atoms with Gasteiger partial charge in [0.05, 0.1) is 6.20 Å². The van der Waals surface area contributed by atoms with Crippen LogP contribution in [0.4, 0.5) is 4.79 Å². The maximum Gasteiger partial charge on any atom is 0.339 e. The molecule has 8 nitrogen and oxygen atoms in total. The summed E-state index contributed by atoms with van der Waals surface area (Å²) in [6, 6.07) is 0.633. The van der Waals surface area contributed by atoms with E-state index in [0.717, 1.165) is 6.42 Å². The molecule has 3 amide bonds. The van der Waals surface area contributed by atoms with Crippen LogP contribution >= 0.6 is 0 Å². The lowest BCUT2D eigenvalue weighted by atomic mass is 10.2. The average Bonchev–Trinajstić information content (AvgIpc) is 2.43. The minimum atomic E-state index is -1.19. The topological polar surface area (TPSA) is 118 Å². The lowest BCUT2D eigenvalue weighted by Crippen LogP contribution is -2.41. The van der Waals surface area contributed by atoms with Crippen LogP contribution in [0.5, 0.6) is 5.75 Å². The summed E-state index contributed by atoms with van der Waals surface area (Å²) < 4.78 is 5.03. The number of rotatable bonds is 6. The fraction of sp³-hybridized carbons (Fsp3) is 0.333. The van der Waals surface area contributed by atoms with Crippen molar-refractivity contribution in [3.05, 3.63) is 24.0 Å². The first kappa shape index (κ1) is 15.4. The second kappa shape index (κ2) is 7.72.